The van der Waals surface area contributed by atoms with Crippen LogP contribution >= 0.6 is 0 Å². The van der Waals surface area contributed by atoms with Gasteiger partial charge in [0.15, 0.2) is 0 Å². The number of nitrogens with zero attached hydrogens (tertiary/aromatic N) is 1. The average molecular weight is 269 g/mol. The molecule has 1 aliphatic heterocycles. The molecule has 0 radical (unpaired) electrons. The number of hydrogen-bond donors (Lipinski definition) is 2. The number of carbonyl (C=O) groups is 2. The minimum absolute atomic E-state index is 0.0867. The van der Waals surface area contributed by atoms with Gasteiger partial charge < -0.3 is 15.1 Å². The third kappa shape index (κ3) is 2.91. The molecule has 1 saturated heterocycles. The van der Waals surface area contributed by atoms with Crippen molar-refractivity contribution in [3.05, 3.63) is 0 Å². The molecular formula is C14H23NO4. The molecule has 1 saturated carbocycles. The van der Waals surface area contributed by atoms with Gasteiger partial charge in [0.05, 0.1) is 11.5 Å². The summed E-state index contributed by atoms with van der Waals surface area (Å²) in [5.41, 5.74) is -0.856. The molecule has 1 amide bonds. The monoisotopic (exact) mass is 269 g/mol. The lowest BCUT2D eigenvalue weighted by molar-refractivity contribution is -0.154. The maximum absolute atomic E-state index is 12.3. The number of carboxylic acid groups (broad SMARTS) is 1. The summed E-state index contributed by atoms with van der Waals surface area (Å²) < 4.78 is 0. The predicted octanol–water partition coefficient (Wildman–Crippen LogP) is 1.25. The summed E-state index contributed by atoms with van der Waals surface area (Å²) in [5, 5.41) is 19.2. The van der Waals surface area contributed by atoms with Gasteiger partial charge in [0, 0.05) is 19.5 Å². The van der Waals surface area contributed by atoms with Gasteiger partial charge in [-0.1, -0.05) is 19.8 Å². The van der Waals surface area contributed by atoms with Crippen molar-refractivity contribution in [3.8, 4) is 0 Å². The van der Waals surface area contributed by atoms with Crippen molar-refractivity contribution in [1.29, 1.82) is 0 Å². The van der Waals surface area contributed by atoms with E-state index in [0.717, 1.165) is 19.3 Å². The Kier molecular flexibility index (Phi) is 4.13. The lowest BCUT2D eigenvalue weighted by Gasteiger charge is -2.36. The zero-order chi connectivity index (χ0) is 14.0. The van der Waals surface area contributed by atoms with Crippen molar-refractivity contribution in [2.45, 2.75) is 51.6 Å². The van der Waals surface area contributed by atoms with Gasteiger partial charge in [-0.25, -0.2) is 0 Å². The van der Waals surface area contributed by atoms with Crippen LogP contribution in [0, 0.1) is 11.3 Å². The molecule has 19 heavy (non-hydrogen) atoms. The van der Waals surface area contributed by atoms with E-state index in [2.05, 4.69) is 0 Å². The molecule has 2 fully saturated rings. The van der Waals surface area contributed by atoms with Crippen LogP contribution in [0.5, 0.6) is 0 Å². The van der Waals surface area contributed by atoms with E-state index in [1.54, 1.807) is 4.90 Å². The van der Waals surface area contributed by atoms with Crippen LogP contribution in [-0.2, 0) is 9.59 Å². The summed E-state index contributed by atoms with van der Waals surface area (Å²) in [4.78, 5) is 25.3. The Morgan fingerprint density at radius 1 is 1.32 bits per heavy atom. The van der Waals surface area contributed by atoms with Crippen LogP contribution in [0.4, 0.5) is 0 Å². The summed E-state index contributed by atoms with van der Waals surface area (Å²) in [6.07, 6.45) is 3.36. The largest absolute Gasteiger partial charge is 0.481 e. The second-order valence-electron chi connectivity index (χ2n) is 6.14. The van der Waals surface area contributed by atoms with Gasteiger partial charge in [-0.15, -0.1) is 0 Å². The van der Waals surface area contributed by atoms with Gasteiger partial charge in [0.25, 0.3) is 0 Å². The number of likely N-dealkylation sites (tertiary alicyclic amines) is 1. The molecule has 5 heteroatoms. The fraction of sp³-hybridized carbons (Fsp3) is 0.857. The molecule has 0 spiro atoms. The van der Waals surface area contributed by atoms with Crippen molar-refractivity contribution >= 4 is 11.9 Å². The molecule has 0 aromatic rings. The van der Waals surface area contributed by atoms with E-state index in [0.29, 0.717) is 25.9 Å². The van der Waals surface area contributed by atoms with E-state index in [1.807, 2.05) is 6.92 Å². The van der Waals surface area contributed by atoms with Gasteiger partial charge in [-0.3, -0.25) is 9.59 Å². The molecule has 2 aliphatic rings. The standard InChI is InChI=1S/C14H23NO4/c1-10-4-7-15(9-11(10)16)12(17)8-14(13(18)19)5-2-3-6-14/h10-11,16H,2-9H2,1H3,(H,18,19). The van der Waals surface area contributed by atoms with Crippen LogP contribution < -0.4 is 0 Å². The first-order chi connectivity index (χ1) is 8.94. The van der Waals surface area contributed by atoms with Gasteiger partial charge in [0.1, 0.15) is 0 Å². The highest BCUT2D eigenvalue weighted by Crippen LogP contribution is 2.42. The highest BCUT2D eigenvalue weighted by atomic mass is 16.4. The number of carboxylic acids is 1. The smallest absolute Gasteiger partial charge is 0.310 e. The lowest BCUT2D eigenvalue weighted by Crippen LogP contribution is -2.47. The van der Waals surface area contributed by atoms with Crippen LogP contribution in [0.15, 0.2) is 0 Å². The maximum Gasteiger partial charge on any atom is 0.310 e. The molecule has 0 aromatic carbocycles. The molecule has 1 heterocycles. The number of aliphatic hydroxyl groups is 1. The minimum atomic E-state index is -0.856. The maximum atomic E-state index is 12.3. The predicted molar refractivity (Wildman–Crippen MR) is 69.5 cm³/mol. The topological polar surface area (TPSA) is 77.8 Å². The van der Waals surface area contributed by atoms with E-state index in [9.17, 15) is 19.8 Å². The van der Waals surface area contributed by atoms with Crippen molar-refractivity contribution in [1.82, 2.24) is 4.90 Å². The first kappa shape index (κ1) is 14.3. The molecule has 2 N–H and O–H groups in total. The van der Waals surface area contributed by atoms with Crippen molar-refractivity contribution in [2.75, 3.05) is 13.1 Å². The Hall–Kier alpha value is -1.10. The first-order valence-electron chi connectivity index (χ1n) is 7.14. The number of aliphatic hydroxyl groups excluding tert-OH is 1. The van der Waals surface area contributed by atoms with Crippen LogP contribution in [-0.4, -0.2) is 46.2 Å². The second-order valence-corrected chi connectivity index (χ2v) is 6.14. The summed E-state index contributed by atoms with van der Waals surface area (Å²) in [6.45, 7) is 2.95. The van der Waals surface area contributed by atoms with Gasteiger partial charge in [0.2, 0.25) is 5.91 Å². The Balaban J connectivity index is 1.98. The molecule has 108 valence electrons. The molecule has 0 bridgehead atoms. The summed E-state index contributed by atoms with van der Waals surface area (Å²) in [6, 6.07) is 0. The molecule has 2 atom stereocenters. The van der Waals surface area contributed by atoms with E-state index in [4.69, 9.17) is 0 Å². The zero-order valence-corrected chi connectivity index (χ0v) is 11.5. The van der Waals surface area contributed by atoms with Crippen LogP contribution in [0.1, 0.15) is 45.4 Å². The third-order valence-electron chi connectivity index (χ3n) is 4.78. The van der Waals surface area contributed by atoms with Crippen LogP contribution in [0.2, 0.25) is 0 Å². The van der Waals surface area contributed by atoms with E-state index in [1.165, 1.54) is 0 Å². The van der Waals surface area contributed by atoms with E-state index < -0.39 is 17.5 Å². The zero-order valence-electron chi connectivity index (χ0n) is 11.5. The fourth-order valence-electron chi connectivity index (χ4n) is 3.19. The summed E-state index contributed by atoms with van der Waals surface area (Å²) in [5.74, 6) is -0.747. The highest BCUT2D eigenvalue weighted by molar-refractivity contribution is 5.85. The lowest BCUT2D eigenvalue weighted by atomic mass is 9.82. The van der Waals surface area contributed by atoms with E-state index >= 15 is 0 Å². The van der Waals surface area contributed by atoms with Crippen LogP contribution in [0.3, 0.4) is 0 Å². The molecule has 1 aliphatic carbocycles. The highest BCUT2D eigenvalue weighted by Gasteiger charge is 2.44. The SMILES string of the molecule is CC1CCN(C(=O)CC2(C(=O)O)CCCC2)CC1O. The summed E-state index contributed by atoms with van der Waals surface area (Å²) in [7, 11) is 0. The van der Waals surface area contributed by atoms with Crippen molar-refractivity contribution < 1.29 is 19.8 Å². The number of carbonyl (C=O) groups excluding carboxylic acids is 1. The quantitative estimate of drug-likeness (QED) is 0.808. The van der Waals surface area contributed by atoms with Gasteiger partial charge in [-0.05, 0) is 25.2 Å². The number of aliphatic carboxylic acids is 1. The molecular weight excluding hydrogens is 246 g/mol. The molecule has 2 rings (SSSR count). The Labute approximate surface area is 113 Å². The summed E-state index contributed by atoms with van der Waals surface area (Å²) >= 11 is 0. The minimum Gasteiger partial charge on any atom is -0.481 e. The Morgan fingerprint density at radius 3 is 2.47 bits per heavy atom. The van der Waals surface area contributed by atoms with Crippen molar-refractivity contribution in [2.24, 2.45) is 11.3 Å². The third-order valence-corrected chi connectivity index (χ3v) is 4.78. The molecule has 0 aromatic heterocycles. The Morgan fingerprint density at radius 2 is 1.95 bits per heavy atom. The number of piperidine rings is 1. The Bertz CT molecular complexity index is 362. The second kappa shape index (κ2) is 5.49. The number of β-amino-alcohol motifs (C(OH)–C–C–N with tert-alkyl or cyclic N) is 1. The fourth-order valence-corrected chi connectivity index (χ4v) is 3.19. The first-order valence-corrected chi connectivity index (χ1v) is 7.14. The average Bonchev–Trinajstić information content (AvgIpc) is 2.82. The van der Waals surface area contributed by atoms with Crippen LogP contribution in [0.25, 0.3) is 0 Å². The van der Waals surface area contributed by atoms with Crippen molar-refractivity contribution in [3.63, 3.8) is 0 Å². The number of rotatable bonds is 3. The molecule has 5 nitrogen and oxygen atoms in total. The van der Waals surface area contributed by atoms with Gasteiger partial charge >= 0.3 is 5.97 Å². The van der Waals surface area contributed by atoms with Gasteiger partial charge in [-0.2, -0.15) is 0 Å². The number of amides is 1. The molecule has 2 unspecified atom stereocenters. The normalized spacial score (nSPS) is 30.3. The number of hydrogen-bond acceptors (Lipinski definition) is 3. The van der Waals surface area contributed by atoms with E-state index in [-0.39, 0.29) is 18.2 Å².